The summed E-state index contributed by atoms with van der Waals surface area (Å²) in [4.78, 5) is 28.1. The van der Waals surface area contributed by atoms with Crippen LogP contribution in [0.25, 0.3) is 0 Å². The lowest BCUT2D eigenvalue weighted by Gasteiger charge is -2.23. The van der Waals surface area contributed by atoms with E-state index in [0.29, 0.717) is 19.5 Å². The van der Waals surface area contributed by atoms with E-state index in [1.165, 1.54) is 0 Å². The van der Waals surface area contributed by atoms with E-state index in [4.69, 9.17) is 4.42 Å². The van der Waals surface area contributed by atoms with Gasteiger partial charge in [-0.25, -0.2) is 4.79 Å². The predicted octanol–water partition coefficient (Wildman–Crippen LogP) is 3.77. The Labute approximate surface area is 147 Å². The van der Waals surface area contributed by atoms with E-state index in [1.54, 1.807) is 22.3 Å². The van der Waals surface area contributed by atoms with E-state index < -0.39 is 0 Å². The molecule has 1 aliphatic rings. The Morgan fingerprint density at radius 3 is 2.84 bits per heavy atom. The number of benzene rings is 1. The van der Waals surface area contributed by atoms with Gasteiger partial charge in [0, 0.05) is 36.4 Å². The van der Waals surface area contributed by atoms with E-state index in [2.05, 4.69) is 5.32 Å². The molecule has 1 aliphatic heterocycles. The molecule has 1 fully saturated rings. The van der Waals surface area contributed by atoms with Crippen LogP contribution in [0.15, 0.2) is 41.2 Å². The van der Waals surface area contributed by atoms with Gasteiger partial charge in [-0.15, -0.1) is 0 Å². The molecule has 0 spiro atoms. The maximum Gasteiger partial charge on any atom is 0.322 e. The van der Waals surface area contributed by atoms with E-state index in [9.17, 15) is 9.59 Å². The summed E-state index contributed by atoms with van der Waals surface area (Å²) in [6.45, 7) is 5.68. The van der Waals surface area contributed by atoms with Crippen molar-refractivity contribution in [2.75, 3.05) is 23.3 Å². The maximum absolute atomic E-state index is 12.6. The molecule has 0 aliphatic carbocycles. The first-order valence-corrected chi connectivity index (χ1v) is 8.57. The largest absolute Gasteiger partial charge is 0.472 e. The molecule has 2 aromatic rings. The molecule has 1 saturated heterocycles. The lowest BCUT2D eigenvalue weighted by atomic mass is 10.1. The Morgan fingerprint density at radius 2 is 2.20 bits per heavy atom. The Kier molecular flexibility index (Phi) is 5.07. The first-order chi connectivity index (χ1) is 12.1. The summed E-state index contributed by atoms with van der Waals surface area (Å²) in [6, 6.07) is 7.34. The quantitative estimate of drug-likeness (QED) is 0.900. The van der Waals surface area contributed by atoms with Crippen LogP contribution in [0.5, 0.6) is 0 Å². The number of amides is 3. The Hall–Kier alpha value is -2.76. The molecule has 0 unspecified atom stereocenters. The number of furan rings is 1. The molecule has 3 rings (SSSR count). The van der Waals surface area contributed by atoms with E-state index in [-0.39, 0.29) is 11.9 Å². The number of urea groups is 1. The molecule has 0 bridgehead atoms. The van der Waals surface area contributed by atoms with Gasteiger partial charge < -0.3 is 19.5 Å². The highest BCUT2D eigenvalue weighted by molar-refractivity contribution is 5.98. The number of hydrogen-bond donors (Lipinski definition) is 1. The zero-order chi connectivity index (χ0) is 17.8. The third-order valence-corrected chi connectivity index (χ3v) is 4.53. The van der Waals surface area contributed by atoms with Crippen molar-refractivity contribution in [2.24, 2.45) is 0 Å². The molecule has 6 heteroatoms. The van der Waals surface area contributed by atoms with Crippen molar-refractivity contribution in [3.05, 3.63) is 47.9 Å². The van der Waals surface area contributed by atoms with Gasteiger partial charge in [0.25, 0.3) is 0 Å². The summed E-state index contributed by atoms with van der Waals surface area (Å²) >= 11 is 0. The SMILES string of the molecule is CCN(Cc1ccoc1)C(=O)Nc1cccc(N2CCCC2=O)c1C. The van der Waals surface area contributed by atoms with Crippen molar-refractivity contribution >= 4 is 23.3 Å². The van der Waals surface area contributed by atoms with Crippen LogP contribution in [0.1, 0.15) is 30.9 Å². The second-order valence-electron chi connectivity index (χ2n) is 6.17. The molecule has 1 aromatic carbocycles. The highest BCUT2D eigenvalue weighted by Gasteiger charge is 2.24. The smallest absolute Gasteiger partial charge is 0.322 e. The van der Waals surface area contributed by atoms with Gasteiger partial charge in [-0.05, 0) is 44.0 Å². The molecular formula is C19H23N3O3. The summed E-state index contributed by atoms with van der Waals surface area (Å²) in [6.07, 6.45) is 4.70. The summed E-state index contributed by atoms with van der Waals surface area (Å²) in [5.74, 6) is 0.140. The normalized spacial score (nSPS) is 14.0. The molecule has 1 N–H and O–H groups in total. The molecule has 0 atom stereocenters. The number of nitrogens with zero attached hydrogens (tertiary/aromatic N) is 2. The van der Waals surface area contributed by atoms with E-state index >= 15 is 0 Å². The molecule has 0 radical (unpaired) electrons. The van der Waals surface area contributed by atoms with Crippen molar-refractivity contribution in [3.8, 4) is 0 Å². The van der Waals surface area contributed by atoms with Gasteiger partial charge in [-0.1, -0.05) is 6.07 Å². The second kappa shape index (κ2) is 7.42. The van der Waals surface area contributed by atoms with Gasteiger partial charge in [0.05, 0.1) is 19.1 Å². The third-order valence-electron chi connectivity index (χ3n) is 4.53. The maximum atomic E-state index is 12.6. The Balaban J connectivity index is 1.75. The first kappa shape index (κ1) is 17.1. The summed E-state index contributed by atoms with van der Waals surface area (Å²) in [5, 5.41) is 2.97. The fourth-order valence-corrected chi connectivity index (χ4v) is 3.08. The molecule has 3 amide bonds. The summed E-state index contributed by atoms with van der Waals surface area (Å²) in [5.41, 5.74) is 3.46. The minimum atomic E-state index is -0.170. The lowest BCUT2D eigenvalue weighted by molar-refractivity contribution is -0.117. The predicted molar refractivity (Wildman–Crippen MR) is 96.6 cm³/mol. The van der Waals surface area contributed by atoms with Crippen LogP contribution in [-0.4, -0.2) is 29.9 Å². The molecular weight excluding hydrogens is 318 g/mol. The number of carbonyl (C=O) groups excluding carboxylic acids is 2. The van der Waals surface area contributed by atoms with Crippen molar-refractivity contribution in [1.82, 2.24) is 4.90 Å². The zero-order valence-corrected chi connectivity index (χ0v) is 14.6. The van der Waals surface area contributed by atoms with Gasteiger partial charge >= 0.3 is 6.03 Å². The topological polar surface area (TPSA) is 65.8 Å². The first-order valence-electron chi connectivity index (χ1n) is 8.57. The highest BCUT2D eigenvalue weighted by Crippen LogP contribution is 2.30. The fraction of sp³-hybridized carbons (Fsp3) is 0.368. The molecule has 25 heavy (non-hydrogen) atoms. The van der Waals surface area contributed by atoms with Crippen LogP contribution >= 0.6 is 0 Å². The summed E-state index contributed by atoms with van der Waals surface area (Å²) < 4.78 is 5.06. The van der Waals surface area contributed by atoms with Gasteiger partial charge in [0.15, 0.2) is 0 Å². The average Bonchev–Trinajstić information content (AvgIpc) is 3.26. The van der Waals surface area contributed by atoms with Gasteiger partial charge in [-0.2, -0.15) is 0 Å². The second-order valence-corrected chi connectivity index (χ2v) is 6.17. The van der Waals surface area contributed by atoms with Crippen LogP contribution in [0.3, 0.4) is 0 Å². The number of carbonyl (C=O) groups is 2. The van der Waals surface area contributed by atoms with Gasteiger partial charge in [0.1, 0.15) is 0 Å². The standard InChI is InChI=1S/C19H23N3O3/c1-3-21(12-15-9-11-25-13-15)19(24)20-16-6-4-7-17(14(16)2)22-10-5-8-18(22)23/h4,6-7,9,11,13H,3,5,8,10,12H2,1-2H3,(H,20,24). The van der Waals surface area contributed by atoms with Gasteiger partial charge in [-0.3, -0.25) is 4.79 Å². The average molecular weight is 341 g/mol. The third kappa shape index (κ3) is 3.68. The van der Waals surface area contributed by atoms with Crippen molar-refractivity contribution < 1.29 is 14.0 Å². The van der Waals surface area contributed by atoms with Crippen LogP contribution in [0, 0.1) is 6.92 Å². The molecule has 0 saturated carbocycles. The van der Waals surface area contributed by atoms with Crippen LogP contribution in [0.4, 0.5) is 16.2 Å². The Bertz CT molecular complexity index is 755. The molecule has 1 aromatic heterocycles. The Morgan fingerprint density at radius 1 is 1.36 bits per heavy atom. The minimum Gasteiger partial charge on any atom is -0.472 e. The minimum absolute atomic E-state index is 0.140. The number of nitrogens with one attached hydrogen (secondary N) is 1. The molecule has 2 heterocycles. The van der Waals surface area contributed by atoms with Crippen LogP contribution < -0.4 is 10.2 Å². The van der Waals surface area contributed by atoms with E-state index in [1.807, 2.05) is 38.1 Å². The molecule has 6 nitrogen and oxygen atoms in total. The lowest BCUT2D eigenvalue weighted by Crippen LogP contribution is -2.34. The molecule has 132 valence electrons. The number of anilines is 2. The van der Waals surface area contributed by atoms with E-state index in [0.717, 1.165) is 35.5 Å². The zero-order valence-electron chi connectivity index (χ0n) is 14.6. The monoisotopic (exact) mass is 341 g/mol. The van der Waals surface area contributed by atoms with Crippen molar-refractivity contribution in [3.63, 3.8) is 0 Å². The van der Waals surface area contributed by atoms with Gasteiger partial charge in [0.2, 0.25) is 5.91 Å². The van der Waals surface area contributed by atoms with Crippen molar-refractivity contribution in [2.45, 2.75) is 33.2 Å². The highest BCUT2D eigenvalue weighted by atomic mass is 16.3. The summed E-state index contributed by atoms with van der Waals surface area (Å²) in [7, 11) is 0. The number of hydrogen-bond acceptors (Lipinski definition) is 3. The van der Waals surface area contributed by atoms with Crippen LogP contribution in [-0.2, 0) is 11.3 Å². The number of rotatable bonds is 5. The fourth-order valence-electron chi connectivity index (χ4n) is 3.08. The van der Waals surface area contributed by atoms with Crippen LogP contribution in [0.2, 0.25) is 0 Å². The van der Waals surface area contributed by atoms with Crippen molar-refractivity contribution in [1.29, 1.82) is 0 Å².